The lowest BCUT2D eigenvalue weighted by Crippen LogP contribution is -2.51. The minimum atomic E-state index is -1.93. The number of benzene rings is 1. The molecule has 6 N–H and O–H groups in total. The van der Waals surface area contributed by atoms with E-state index < -0.39 is 36.9 Å². The van der Waals surface area contributed by atoms with Crippen LogP contribution in [0.5, 0.6) is 0 Å². The minimum absolute atomic E-state index is 0.124. The van der Waals surface area contributed by atoms with E-state index in [0.29, 0.717) is 0 Å². The Morgan fingerprint density at radius 1 is 1.14 bits per heavy atom. The molecule has 0 heterocycles. The zero-order valence-corrected chi connectivity index (χ0v) is 12.0. The third kappa shape index (κ3) is 4.90. The van der Waals surface area contributed by atoms with Crippen LogP contribution in [0.4, 0.5) is 0 Å². The molecule has 4 atom stereocenters. The van der Waals surface area contributed by atoms with Crippen LogP contribution in [0.2, 0.25) is 0 Å². The molecule has 0 aromatic heterocycles. The lowest BCUT2D eigenvalue weighted by atomic mass is 10.0. The summed E-state index contributed by atoms with van der Waals surface area (Å²) in [5.41, 5.74) is 1.70. The molecular weight excluding hydrogens is 290 g/mol. The van der Waals surface area contributed by atoms with Crippen molar-refractivity contribution >= 4 is 12.0 Å². The molecule has 0 aliphatic carbocycles. The van der Waals surface area contributed by atoms with Crippen LogP contribution in [0.15, 0.2) is 30.8 Å². The summed E-state index contributed by atoms with van der Waals surface area (Å²) in [7, 11) is 0. The Labute approximate surface area is 128 Å². The summed E-state index contributed by atoms with van der Waals surface area (Å²) < 4.78 is 0. The summed E-state index contributed by atoms with van der Waals surface area (Å²) >= 11 is 0. The Morgan fingerprint density at radius 3 is 2.23 bits per heavy atom. The summed E-state index contributed by atoms with van der Waals surface area (Å²) in [6, 6.07) is 7.15. The summed E-state index contributed by atoms with van der Waals surface area (Å²) in [4.78, 5) is 11.7. The lowest BCUT2D eigenvalue weighted by molar-refractivity contribution is -0.149. The number of rotatable bonds is 8. The number of hydrogen-bond donors (Lipinski definition) is 6. The SMILES string of the molecule is C=Cc1ccc(CNC(=O)[C@H](O)[C@@H](O)[C@H](O)[C@H](O)CO)cc1. The van der Waals surface area contributed by atoms with Crippen molar-refractivity contribution < 1.29 is 30.3 Å². The van der Waals surface area contributed by atoms with E-state index in [-0.39, 0.29) is 6.54 Å². The summed E-state index contributed by atoms with van der Waals surface area (Å²) in [5, 5.41) is 48.9. The van der Waals surface area contributed by atoms with Crippen molar-refractivity contribution in [3.8, 4) is 0 Å². The molecule has 1 amide bonds. The second-order valence-electron chi connectivity index (χ2n) is 4.84. The van der Waals surface area contributed by atoms with Gasteiger partial charge in [-0.25, -0.2) is 0 Å². The number of amides is 1. The zero-order chi connectivity index (χ0) is 16.7. The van der Waals surface area contributed by atoms with Crippen LogP contribution >= 0.6 is 0 Å². The van der Waals surface area contributed by atoms with Gasteiger partial charge < -0.3 is 30.8 Å². The standard InChI is InChI=1S/C15H21NO6/c1-2-9-3-5-10(6-4-9)7-16-15(22)14(21)13(20)12(19)11(18)8-17/h2-6,11-14,17-21H,1,7-8H2,(H,16,22)/t11-,12-,13+,14-/m1/s1. The molecule has 0 spiro atoms. The quantitative estimate of drug-likeness (QED) is 0.342. The molecule has 0 radical (unpaired) electrons. The van der Waals surface area contributed by atoms with Crippen molar-refractivity contribution in [2.75, 3.05) is 6.61 Å². The van der Waals surface area contributed by atoms with Crippen molar-refractivity contribution in [1.29, 1.82) is 0 Å². The Morgan fingerprint density at radius 2 is 1.73 bits per heavy atom. The minimum Gasteiger partial charge on any atom is -0.394 e. The van der Waals surface area contributed by atoms with Gasteiger partial charge in [-0.3, -0.25) is 4.79 Å². The molecule has 0 aliphatic heterocycles. The first-order valence-electron chi connectivity index (χ1n) is 6.73. The molecule has 22 heavy (non-hydrogen) atoms. The highest BCUT2D eigenvalue weighted by Gasteiger charge is 2.33. The van der Waals surface area contributed by atoms with E-state index in [4.69, 9.17) is 5.11 Å². The fourth-order valence-corrected chi connectivity index (χ4v) is 1.74. The monoisotopic (exact) mass is 311 g/mol. The smallest absolute Gasteiger partial charge is 0.251 e. The third-order valence-corrected chi connectivity index (χ3v) is 3.21. The first-order valence-corrected chi connectivity index (χ1v) is 6.73. The van der Waals surface area contributed by atoms with Gasteiger partial charge in [0.05, 0.1) is 6.61 Å². The second-order valence-corrected chi connectivity index (χ2v) is 4.84. The molecule has 0 saturated carbocycles. The van der Waals surface area contributed by atoms with E-state index in [9.17, 15) is 25.2 Å². The van der Waals surface area contributed by atoms with Gasteiger partial charge >= 0.3 is 0 Å². The number of hydrogen-bond acceptors (Lipinski definition) is 6. The largest absolute Gasteiger partial charge is 0.394 e. The summed E-state index contributed by atoms with van der Waals surface area (Å²) in [6.07, 6.45) is -5.65. The van der Waals surface area contributed by atoms with E-state index in [2.05, 4.69) is 11.9 Å². The average molecular weight is 311 g/mol. The van der Waals surface area contributed by atoms with Crippen LogP contribution in [-0.2, 0) is 11.3 Å². The second kappa shape index (κ2) is 8.62. The highest BCUT2D eigenvalue weighted by atomic mass is 16.4. The molecule has 122 valence electrons. The van der Waals surface area contributed by atoms with Crippen LogP contribution in [0.1, 0.15) is 11.1 Å². The van der Waals surface area contributed by atoms with Crippen molar-refractivity contribution in [2.24, 2.45) is 0 Å². The van der Waals surface area contributed by atoms with Crippen molar-refractivity contribution in [3.05, 3.63) is 42.0 Å². The maximum Gasteiger partial charge on any atom is 0.251 e. The van der Waals surface area contributed by atoms with Crippen LogP contribution in [0.3, 0.4) is 0 Å². The van der Waals surface area contributed by atoms with Gasteiger partial charge in [-0.1, -0.05) is 36.9 Å². The average Bonchev–Trinajstić information content (AvgIpc) is 2.57. The van der Waals surface area contributed by atoms with Crippen molar-refractivity contribution in [1.82, 2.24) is 5.32 Å². The topological polar surface area (TPSA) is 130 Å². The van der Waals surface area contributed by atoms with E-state index in [1.54, 1.807) is 30.3 Å². The van der Waals surface area contributed by atoms with Gasteiger partial charge in [0.15, 0.2) is 6.10 Å². The highest BCUT2D eigenvalue weighted by molar-refractivity contribution is 5.81. The number of aliphatic hydroxyl groups is 5. The van der Waals surface area contributed by atoms with Crippen molar-refractivity contribution in [3.63, 3.8) is 0 Å². The first kappa shape index (κ1) is 18.3. The van der Waals surface area contributed by atoms with Crippen LogP contribution < -0.4 is 5.32 Å². The normalized spacial score (nSPS) is 16.4. The molecule has 1 aromatic carbocycles. The van der Waals surface area contributed by atoms with Crippen LogP contribution in [0.25, 0.3) is 6.08 Å². The lowest BCUT2D eigenvalue weighted by Gasteiger charge is -2.24. The van der Waals surface area contributed by atoms with Crippen molar-refractivity contribution in [2.45, 2.75) is 31.0 Å². The fraction of sp³-hybridized carbons (Fsp3) is 0.400. The molecule has 0 aliphatic rings. The predicted octanol–water partition coefficient (Wildman–Crippen LogP) is -1.62. The molecule has 7 nitrogen and oxygen atoms in total. The Bertz CT molecular complexity index is 489. The van der Waals surface area contributed by atoms with E-state index in [1.165, 1.54) is 0 Å². The predicted molar refractivity (Wildman–Crippen MR) is 79.5 cm³/mol. The van der Waals surface area contributed by atoms with Gasteiger partial charge in [-0.15, -0.1) is 0 Å². The third-order valence-electron chi connectivity index (χ3n) is 3.21. The molecule has 0 fully saturated rings. The van der Waals surface area contributed by atoms with Gasteiger partial charge in [0.2, 0.25) is 0 Å². The van der Waals surface area contributed by atoms with Gasteiger partial charge in [0, 0.05) is 6.54 Å². The van der Waals surface area contributed by atoms with E-state index in [1.807, 2.05) is 0 Å². The Balaban J connectivity index is 2.54. The molecule has 0 unspecified atom stereocenters. The molecule has 7 heteroatoms. The number of carbonyl (C=O) groups is 1. The van der Waals surface area contributed by atoms with Gasteiger partial charge in [0.1, 0.15) is 18.3 Å². The van der Waals surface area contributed by atoms with Gasteiger partial charge in [0.25, 0.3) is 5.91 Å². The highest BCUT2D eigenvalue weighted by Crippen LogP contribution is 2.07. The number of nitrogens with one attached hydrogen (secondary N) is 1. The summed E-state index contributed by atoms with van der Waals surface area (Å²) in [6.45, 7) is 2.94. The van der Waals surface area contributed by atoms with E-state index in [0.717, 1.165) is 11.1 Å². The Kier molecular flexibility index (Phi) is 7.16. The van der Waals surface area contributed by atoms with Gasteiger partial charge in [-0.05, 0) is 11.1 Å². The molecule has 1 aromatic rings. The number of carbonyl (C=O) groups excluding carboxylic acids is 1. The zero-order valence-electron chi connectivity index (χ0n) is 12.0. The molecule has 0 bridgehead atoms. The summed E-state index contributed by atoms with van der Waals surface area (Å²) in [5.74, 6) is -0.899. The molecular formula is C15H21NO6. The Hall–Kier alpha value is -1.77. The molecule has 1 rings (SSSR count). The molecule has 0 saturated heterocycles. The van der Waals surface area contributed by atoms with Crippen LogP contribution in [0, 0.1) is 0 Å². The first-order chi connectivity index (χ1) is 10.4. The van der Waals surface area contributed by atoms with E-state index >= 15 is 0 Å². The maximum atomic E-state index is 11.7. The number of aliphatic hydroxyl groups excluding tert-OH is 5. The van der Waals surface area contributed by atoms with Gasteiger partial charge in [-0.2, -0.15) is 0 Å². The van der Waals surface area contributed by atoms with Crippen LogP contribution in [-0.4, -0.2) is 62.5 Å². The fourth-order valence-electron chi connectivity index (χ4n) is 1.74. The maximum absolute atomic E-state index is 11.7.